The highest BCUT2D eigenvalue weighted by molar-refractivity contribution is 5.77. The van der Waals surface area contributed by atoms with E-state index in [2.05, 4.69) is 24.5 Å². The number of rotatable bonds is 8. The molecule has 0 radical (unpaired) electrons. The summed E-state index contributed by atoms with van der Waals surface area (Å²) in [5.41, 5.74) is 1.27. The SMILES string of the molecule is CNCCCNC(=O)COc1ccc(C(C)C)cc1. The molecule has 1 rings (SSSR count). The average molecular weight is 264 g/mol. The van der Waals surface area contributed by atoms with E-state index in [1.54, 1.807) is 0 Å². The normalized spacial score (nSPS) is 10.5. The zero-order chi connectivity index (χ0) is 14.1. The van der Waals surface area contributed by atoms with Gasteiger partial charge in [-0.25, -0.2) is 0 Å². The fourth-order valence-corrected chi connectivity index (χ4v) is 1.64. The first-order chi connectivity index (χ1) is 9.13. The molecular formula is C15H24N2O2. The molecule has 0 aliphatic heterocycles. The van der Waals surface area contributed by atoms with E-state index >= 15 is 0 Å². The van der Waals surface area contributed by atoms with Crippen molar-refractivity contribution in [2.75, 3.05) is 26.7 Å². The smallest absolute Gasteiger partial charge is 0.257 e. The summed E-state index contributed by atoms with van der Waals surface area (Å²) in [7, 11) is 1.89. The van der Waals surface area contributed by atoms with Crippen LogP contribution in [-0.2, 0) is 4.79 Å². The third kappa shape index (κ3) is 6.25. The predicted molar refractivity (Wildman–Crippen MR) is 77.6 cm³/mol. The third-order valence-corrected chi connectivity index (χ3v) is 2.84. The predicted octanol–water partition coefficient (Wildman–Crippen LogP) is 1.91. The van der Waals surface area contributed by atoms with Gasteiger partial charge < -0.3 is 15.4 Å². The van der Waals surface area contributed by atoms with E-state index in [0.717, 1.165) is 18.7 Å². The van der Waals surface area contributed by atoms with Gasteiger partial charge in [-0.3, -0.25) is 4.79 Å². The summed E-state index contributed by atoms with van der Waals surface area (Å²) >= 11 is 0. The first-order valence-corrected chi connectivity index (χ1v) is 6.77. The molecule has 0 saturated carbocycles. The van der Waals surface area contributed by atoms with Gasteiger partial charge in [0.15, 0.2) is 6.61 Å². The molecular weight excluding hydrogens is 240 g/mol. The zero-order valence-electron chi connectivity index (χ0n) is 12.0. The van der Waals surface area contributed by atoms with Crippen molar-refractivity contribution >= 4 is 5.91 Å². The molecule has 0 heterocycles. The fraction of sp³-hybridized carbons (Fsp3) is 0.533. The molecule has 0 aliphatic carbocycles. The minimum atomic E-state index is -0.0796. The second kappa shape index (κ2) is 8.53. The minimum Gasteiger partial charge on any atom is -0.484 e. The van der Waals surface area contributed by atoms with Gasteiger partial charge >= 0.3 is 0 Å². The van der Waals surface area contributed by atoms with Crippen molar-refractivity contribution in [2.45, 2.75) is 26.2 Å². The van der Waals surface area contributed by atoms with Crippen LogP contribution in [0.5, 0.6) is 5.75 Å². The first-order valence-electron chi connectivity index (χ1n) is 6.77. The highest BCUT2D eigenvalue weighted by atomic mass is 16.5. The van der Waals surface area contributed by atoms with Crippen molar-refractivity contribution in [2.24, 2.45) is 0 Å². The maximum absolute atomic E-state index is 11.5. The number of amides is 1. The lowest BCUT2D eigenvalue weighted by molar-refractivity contribution is -0.123. The second-order valence-corrected chi connectivity index (χ2v) is 4.82. The third-order valence-electron chi connectivity index (χ3n) is 2.84. The standard InChI is InChI=1S/C15H24N2O2/c1-12(2)13-5-7-14(8-6-13)19-11-15(18)17-10-4-9-16-3/h5-8,12,16H,4,9-11H2,1-3H3,(H,17,18). The van der Waals surface area contributed by atoms with Crippen molar-refractivity contribution in [1.29, 1.82) is 0 Å². The van der Waals surface area contributed by atoms with Gasteiger partial charge in [0.2, 0.25) is 0 Å². The van der Waals surface area contributed by atoms with Crippen LogP contribution in [0.25, 0.3) is 0 Å². The van der Waals surface area contributed by atoms with Crippen LogP contribution < -0.4 is 15.4 Å². The van der Waals surface area contributed by atoms with Gasteiger partial charge in [-0.2, -0.15) is 0 Å². The number of hydrogen-bond donors (Lipinski definition) is 2. The van der Waals surface area contributed by atoms with Crippen molar-refractivity contribution in [3.05, 3.63) is 29.8 Å². The van der Waals surface area contributed by atoms with Gasteiger partial charge in [0, 0.05) is 6.54 Å². The van der Waals surface area contributed by atoms with E-state index in [0.29, 0.717) is 12.5 Å². The Balaban J connectivity index is 2.26. The highest BCUT2D eigenvalue weighted by Crippen LogP contribution is 2.18. The Labute approximate surface area is 115 Å². The van der Waals surface area contributed by atoms with Crippen LogP contribution in [0.2, 0.25) is 0 Å². The summed E-state index contributed by atoms with van der Waals surface area (Å²) in [5.74, 6) is 1.16. The number of hydrogen-bond acceptors (Lipinski definition) is 3. The molecule has 0 atom stereocenters. The van der Waals surface area contributed by atoms with Gasteiger partial charge in [-0.1, -0.05) is 26.0 Å². The summed E-state index contributed by atoms with van der Waals surface area (Å²) < 4.78 is 5.43. The summed E-state index contributed by atoms with van der Waals surface area (Å²) in [6.07, 6.45) is 0.922. The van der Waals surface area contributed by atoms with E-state index in [9.17, 15) is 4.79 Å². The zero-order valence-corrected chi connectivity index (χ0v) is 12.0. The minimum absolute atomic E-state index is 0.0700. The van der Waals surface area contributed by atoms with E-state index in [-0.39, 0.29) is 12.5 Å². The monoisotopic (exact) mass is 264 g/mol. The van der Waals surface area contributed by atoms with Crippen LogP contribution in [0.1, 0.15) is 31.7 Å². The molecule has 106 valence electrons. The lowest BCUT2D eigenvalue weighted by Crippen LogP contribution is -2.30. The molecule has 4 nitrogen and oxygen atoms in total. The Morgan fingerprint density at radius 1 is 1.21 bits per heavy atom. The van der Waals surface area contributed by atoms with E-state index < -0.39 is 0 Å². The summed E-state index contributed by atoms with van der Waals surface area (Å²) in [6, 6.07) is 7.88. The van der Waals surface area contributed by atoms with Crippen LogP contribution in [0.3, 0.4) is 0 Å². The average Bonchev–Trinajstić information content (AvgIpc) is 2.42. The first kappa shape index (κ1) is 15.5. The molecule has 0 unspecified atom stereocenters. The van der Waals surface area contributed by atoms with Crippen LogP contribution >= 0.6 is 0 Å². The number of carbonyl (C=O) groups excluding carboxylic acids is 1. The molecule has 0 saturated heterocycles. The Morgan fingerprint density at radius 3 is 2.47 bits per heavy atom. The molecule has 0 aliphatic rings. The molecule has 4 heteroatoms. The maximum Gasteiger partial charge on any atom is 0.257 e. The summed E-state index contributed by atoms with van der Waals surface area (Å²) in [5, 5.41) is 5.84. The molecule has 19 heavy (non-hydrogen) atoms. The lowest BCUT2D eigenvalue weighted by atomic mass is 10.0. The molecule has 2 N–H and O–H groups in total. The molecule has 1 aromatic carbocycles. The molecule has 0 aromatic heterocycles. The van der Waals surface area contributed by atoms with Crippen LogP contribution in [0, 0.1) is 0 Å². The van der Waals surface area contributed by atoms with Crippen LogP contribution in [0.15, 0.2) is 24.3 Å². The van der Waals surface area contributed by atoms with Crippen molar-refractivity contribution < 1.29 is 9.53 Å². The fourth-order valence-electron chi connectivity index (χ4n) is 1.64. The molecule has 0 spiro atoms. The molecule has 0 fully saturated rings. The summed E-state index contributed by atoms with van der Waals surface area (Å²) in [6.45, 7) is 5.94. The Bertz CT molecular complexity index is 374. The highest BCUT2D eigenvalue weighted by Gasteiger charge is 2.03. The van der Waals surface area contributed by atoms with E-state index in [1.165, 1.54) is 5.56 Å². The largest absolute Gasteiger partial charge is 0.484 e. The van der Waals surface area contributed by atoms with Gasteiger partial charge in [0.25, 0.3) is 5.91 Å². The Kier molecular flexibility index (Phi) is 6.97. The number of ether oxygens (including phenoxy) is 1. The Hall–Kier alpha value is -1.55. The van der Waals surface area contributed by atoms with Gasteiger partial charge in [0.05, 0.1) is 0 Å². The second-order valence-electron chi connectivity index (χ2n) is 4.82. The van der Waals surface area contributed by atoms with Gasteiger partial charge in [-0.05, 0) is 43.6 Å². The topological polar surface area (TPSA) is 50.4 Å². The number of nitrogens with one attached hydrogen (secondary N) is 2. The molecule has 0 bridgehead atoms. The van der Waals surface area contributed by atoms with Crippen LogP contribution in [-0.4, -0.2) is 32.7 Å². The maximum atomic E-state index is 11.5. The van der Waals surface area contributed by atoms with Gasteiger partial charge in [-0.15, -0.1) is 0 Å². The quantitative estimate of drug-likeness (QED) is 0.705. The lowest BCUT2D eigenvalue weighted by Gasteiger charge is -2.09. The van der Waals surface area contributed by atoms with E-state index in [4.69, 9.17) is 4.74 Å². The van der Waals surface area contributed by atoms with Crippen molar-refractivity contribution in [3.8, 4) is 5.75 Å². The van der Waals surface area contributed by atoms with Gasteiger partial charge in [0.1, 0.15) is 5.75 Å². The summed E-state index contributed by atoms with van der Waals surface area (Å²) in [4.78, 5) is 11.5. The molecule has 1 aromatic rings. The molecule has 1 amide bonds. The number of benzene rings is 1. The van der Waals surface area contributed by atoms with Crippen molar-refractivity contribution in [1.82, 2.24) is 10.6 Å². The van der Waals surface area contributed by atoms with Crippen molar-refractivity contribution in [3.63, 3.8) is 0 Å². The van der Waals surface area contributed by atoms with E-state index in [1.807, 2.05) is 31.3 Å². The Morgan fingerprint density at radius 2 is 1.89 bits per heavy atom. The number of carbonyl (C=O) groups is 1. The van der Waals surface area contributed by atoms with Crippen LogP contribution in [0.4, 0.5) is 0 Å².